The van der Waals surface area contributed by atoms with Gasteiger partial charge < -0.3 is 10.1 Å². The number of anilines is 1. The van der Waals surface area contributed by atoms with Crippen LogP contribution < -0.4 is 10.1 Å². The Morgan fingerprint density at radius 1 is 1.28 bits per heavy atom. The Hall–Kier alpha value is -1.48. The molecule has 2 rings (SSSR count). The van der Waals surface area contributed by atoms with Crippen LogP contribution in [0.4, 0.5) is 5.95 Å². The summed E-state index contributed by atoms with van der Waals surface area (Å²) < 4.78 is 6.08. The molecule has 0 saturated heterocycles. The molecule has 0 amide bonds. The van der Waals surface area contributed by atoms with E-state index in [-0.39, 0.29) is 0 Å². The van der Waals surface area contributed by atoms with E-state index in [4.69, 9.17) is 4.74 Å². The van der Waals surface area contributed by atoms with Gasteiger partial charge >= 0.3 is 6.01 Å². The van der Waals surface area contributed by atoms with Crippen LogP contribution in [-0.2, 0) is 0 Å². The van der Waals surface area contributed by atoms with Crippen molar-refractivity contribution >= 4 is 29.0 Å². The zero-order valence-electron chi connectivity index (χ0n) is 10.2. The Kier molecular flexibility index (Phi) is 4.26. The molecule has 0 saturated carbocycles. The number of hydrogen-bond donors (Lipinski definition) is 1. The Bertz CT molecular complexity index is 532. The zero-order chi connectivity index (χ0) is 13.0. The van der Waals surface area contributed by atoms with Gasteiger partial charge in [0.1, 0.15) is 5.01 Å². The van der Waals surface area contributed by atoms with Crippen LogP contribution >= 0.6 is 23.1 Å². The number of aromatic nitrogens is 5. The highest BCUT2D eigenvalue weighted by Crippen LogP contribution is 2.28. The molecule has 2 heterocycles. The molecular formula is C9H12N6OS2. The number of hydrogen-bond acceptors (Lipinski definition) is 9. The minimum absolute atomic E-state index is 0.306. The molecule has 7 nitrogen and oxygen atoms in total. The summed E-state index contributed by atoms with van der Waals surface area (Å²) in [5, 5.41) is 12.3. The Balaban J connectivity index is 2.23. The molecule has 0 fully saturated rings. The van der Waals surface area contributed by atoms with E-state index < -0.39 is 0 Å². The third-order valence-electron chi connectivity index (χ3n) is 1.78. The summed E-state index contributed by atoms with van der Waals surface area (Å²) in [6.45, 7) is 4.29. The number of nitrogens with one attached hydrogen (secondary N) is 1. The smallest absolute Gasteiger partial charge is 0.322 e. The number of nitrogens with zero attached hydrogens (tertiary/aromatic N) is 5. The molecule has 0 aromatic carbocycles. The molecule has 0 aliphatic heterocycles. The van der Waals surface area contributed by atoms with Gasteiger partial charge in [-0.05, 0) is 25.6 Å². The minimum atomic E-state index is 0.306. The van der Waals surface area contributed by atoms with Crippen molar-refractivity contribution in [3.05, 3.63) is 5.01 Å². The number of aryl methyl sites for hydroxylation is 1. The van der Waals surface area contributed by atoms with E-state index in [0.29, 0.717) is 23.7 Å². The molecule has 0 radical (unpaired) electrons. The highest BCUT2D eigenvalue weighted by molar-refractivity contribution is 8.00. The summed E-state index contributed by atoms with van der Waals surface area (Å²) in [5.74, 6) is 0.470. The maximum Gasteiger partial charge on any atom is 0.322 e. The van der Waals surface area contributed by atoms with Gasteiger partial charge in [0.2, 0.25) is 11.1 Å². The van der Waals surface area contributed by atoms with E-state index in [9.17, 15) is 0 Å². The maximum absolute atomic E-state index is 5.28. The van der Waals surface area contributed by atoms with E-state index in [1.807, 2.05) is 13.8 Å². The SMILES string of the molecule is CCOc1nc(NC)nc(Sc2nnc(C)s2)n1. The third kappa shape index (κ3) is 3.26. The van der Waals surface area contributed by atoms with Crippen LogP contribution in [0.2, 0.25) is 0 Å². The van der Waals surface area contributed by atoms with Gasteiger partial charge in [-0.3, -0.25) is 0 Å². The Morgan fingerprint density at radius 3 is 2.72 bits per heavy atom. The lowest BCUT2D eigenvalue weighted by Crippen LogP contribution is -2.04. The van der Waals surface area contributed by atoms with E-state index in [2.05, 4.69) is 30.5 Å². The van der Waals surface area contributed by atoms with Crippen molar-refractivity contribution in [3.63, 3.8) is 0 Å². The van der Waals surface area contributed by atoms with Crippen molar-refractivity contribution in [1.82, 2.24) is 25.1 Å². The lowest BCUT2D eigenvalue weighted by atomic mass is 10.8. The highest BCUT2D eigenvalue weighted by atomic mass is 32.2. The van der Waals surface area contributed by atoms with Crippen LogP contribution in [0.3, 0.4) is 0 Å². The van der Waals surface area contributed by atoms with Gasteiger partial charge in [-0.25, -0.2) is 0 Å². The molecule has 2 aromatic rings. The standard InChI is InChI=1S/C9H12N6OS2/c1-4-16-7-11-6(10-3)12-8(13-7)18-9-15-14-5(2)17-9/h4H2,1-3H3,(H,10,11,12,13). The first kappa shape index (κ1) is 13.0. The highest BCUT2D eigenvalue weighted by Gasteiger charge is 2.10. The van der Waals surface area contributed by atoms with Gasteiger partial charge in [0.05, 0.1) is 6.61 Å². The van der Waals surface area contributed by atoms with Crippen LogP contribution in [0.15, 0.2) is 9.50 Å². The second kappa shape index (κ2) is 5.91. The first-order chi connectivity index (χ1) is 8.71. The van der Waals surface area contributed by atoms with Crippen molar-refractivity contribution in [2.24, 2.45) is 0 Å². The van der Waals surface area contributed by atoms with Gasteiger partial charge in [-0.2, -0.15) is 15.0 Å². The van der Waals surface area contributed by atoms with Gasteiger partial charge in [0.15, 0.2) is 4.34 Å². The van der Waals surface area contributed by atoms with Crippen LogP contribution in [-0.4, -0.2) is 38.8 Å². The maximum atomic E-state index is 5.28. The Labute approximate surface area is 112 Å². The van der Waals surface area contributed by atoms with Gasteiger partial charge in [0.25, 0.3) is 0 Å². The van der Waals surface area contributed by atoms with Crippen molar-refractivity contribution < 1.29 is 4.74 Å². The average Bonchev–Trinajstić information content (AvgIpc) is 2.75. The Morgan fingerprint density at radius 2 is 2.11 bits per heavy atom. The molecule has 0 atom stereocenters. The van der Waals surface area contributed by atoms with Gasteiger partial charge in [-0.15, -0.1) is 10.2 Å². The van der Waals surface area contributed by atoms with E-state index in [1.165, 1.54) is 23.1 Å². The molecule has 0 aliphatic rings. The molecule has 18 heavy (non-hydrogen) atoms. The summed E-state index contributed by atoms with van der Waals surface area (Å²) in [5.41, 5.74) is 0. The van der Waals surface area contributed by atoms with E-state index in [1.54, 1.807) is 7.05 Å². The molecule has 1 N–H and O–H groups in total. The molecule has 0 unspecified atom stereocenters. The first-order valence-electron chi connectivity index (χ1n) is 5.26. The number of rotatable bonds is 5. The third-order valence-corrected chi connectivity index (χ3v) is 3.53. The normalized spacial score (nSPS) is 10.4. The first-order valence-corrected chi connectivity index (χ1v) is 6.89. The second-order valence-electron chi connectivity index (χ2n) is 3.10. The zero-order valence-corrected chi connectivity index (χ0v) is 11.8. The summed E-state index contributed by atoms with van der Waals surface area (Å²) in [7, 11) is 1.74. The summed E-state index contributed by atoms with van der Waals surface area (Å²) in [6.07, 6.45) is 0. The van der Waals surface area contributed by atoms with Crippen molar-refractivity contribution in [1.29, 1.82) is 0 Å². The van der Waals surface area contributed by atoms with Crippen molar-refractivity contribution in [3.8, 4) is 6.01 Å². The van der Waals surface area contributed by atoms with Crippen LogP contribution in [0.25, 0.3) is 0 Å². The van der Waals surface area contributed by atoms with Crippen molar-refractivity contribution in [2.45, 2.75) is 23.3 Å². The molecule has 96 valence electrons. The quantitative estimate of drug-likeness (QED) is 0.886. The molecule has 9 heteroatoms. The van der Waals surface area contributed by atoms with Crippen LogP contribution in [0.5, 0.6) is 6.01 Å². The van der Waals surface area contributed by atoms with Crippen LogP contribution in [0.1, 0.15) is 11.9 Å². The lowest BCUT2D eigenvalue weighted by Gasteiger charge is -2.04. The molecule has 0 aliphatic carbocycles. The van der Waals surface area contributed by atoms with E-state index >= 15 is 0 Å². The summed E-state index contributed by atoms with van der Waals surface area (Å²) in [6, 6.07) is 0.306. The number of ether oxygens (including phenoxy) is 1. The van der Waals surface area contributed by atoms with E-state index in [0.717, 1.165) is 9.35 Å². The molecule has 2 aromatic heterocycles. The fourth-order valence-electron chi connectivity index (χ4n) is 1.09. The monoisotopic (exact) mass is 284 g/mol. The van der Waals surface area contributed by atoms with Gasteiger partial charge in [-0.1, -0.05) is 11.3 Å². The van der Waals surface area contributed by atoms with Gasteiger partial charge in [0, 0.05) is 7.05 Å². The summed E-state index contributed by atoms with van der Waals surface area (Å²) >= 11 is 2.84. The fourth-order valence-corrected chi connectivity index (χ4v) is 2.75. The fraction of sp³-hybridized carbons (Fsp3) is 0.444. The minimum Gasteiger partial charge on any atom is -0.464 e. The predicted molar refractivity (Wildman–Crippen MR) is 69.3 cm³/mol. The molecule has 0 bridgehead atoms. The van der Waals surface area contributed by atoms with Crippen LogP contribution in [0, 0.1) is 6.92 Å². The largest absolute Gasteiger partial charge is 0.464 e. The topological polar surface area (TPSA) is 85.7 Å². The molecule has 0 spiro atoms. The lowest BCUT2D eigenvalue weighted by molar-refractivity contribution is 0.308. The molecular weight excluding hydrogens is 272 g/mol. The second-order valence-corrected chi connectivity index (χ2v) is 5.49. The van der Waals surface area contributed by atoms with Crippen molar-refractivity contribution in [2.75, 3.05) is 19.0 Å². The summed E-state index contributed by atoms with van der Waals surface area (Å²) in [4.78, 5) is 12.5. The predicted octanol–water partition coefficient (Wildman–Crippen LogP) is 1.62. The average molecular weight is 284 g/mol.